The molecule has 0 bridgehead atoms. The molecule has 2 aromatic heterocycles. The van der Waals surface area contributed by atoms with Crippen molar-refractivity contribution in [3.63, 3.8) is 0 Å². The number of hydrogen-bond acceptors (Lipinski definition) is 6. The van der Waals surface area contributed by atoms with Gasteiger partial charge in [0.15, 0.2) is 0 Å². The van der Waals surface area contributed by atoms with Crippen LogP contribution in [0.5, 0.6) is 0 Å². The van der Waals surface area contributed by atoms with Crippen LogP contribution in [0.3, 0.4) is 0 Å². The Labute approximate surface area is 200 Å². The van der Waals surface area contributed by atoms with Gasteiger partial charge in [-0.25, -0.2) is 14.8 Å². The molecule has 0 spiro atoms. The molecule has 2 fully saturated rings. The highest BCUT2D eigenvalue weighted by atomic mass is 16.2. The van der Waals surface area contributed by atoms with Crippen molar-refractivity contribution in [3.05, 3.63) is 29.1 Å². The Balaban J connectivity index is 1.25. The maximum atomic E-state index is 12.9. The van der Waals surface area contributed by atoms with Gasteiger partial charge in [0.25, 0.3) is 5.91 Å². The van der Waals surface area contributed by atoms with Crippen LogP contribution >= 0.6 is 0 Å². The van der Waals surface area contributed by atoms with Gasteiger partial charge in [-0.2, -0.15) is 0 Å². The van der Waals surface area contributed by atoms with Crippen molar-refractivity contribution in [1.29, 1.82) is 0 Å². The highest BCUT2D eigenvalue weighted by molar-refractivity contribution is 5.97. The number of hydrogen-bond donors (Lipinski definition) is 2. The zero-order valence-electron chi connectivity index (χ0n) is 20.3. The second kappa shape index (κ2) is 9.25. The monoisotopic (exact) mass is 466 g/mol. The van der Waals surface area contributed by atoms with Crippen LogP contribution < -0.4 is 10.6 Å². The molecule has 2 aliphatic heterocycles. The number of likely N-dealkylation sites (N-methyl/N-ethyl adjacent to an activating group) is 1. The molecule has 10 heteroatoms. The summed E-state index contributed by atoms with van der Waals surface area (Å²) in [5, 5.41) is 6.24. The maximum absolute atomic E-state index is 12.9. The van der Waals surface area contributed by atoms with Crippen LogP contribution in [0.4, 0.5) is 10.7 Å². The average molecular weight is 467 g/mol. The summed E-state index contributed by atoms with van der Waals surface area (Å²) in [7, 11) is 5.72. The smallest absolute Gasteiger partial charge is 0.320 e. The summed E-state index contributed by atoms with van der Waals surface area (Å²) in [5.41, 5.74) is 4.78. The number of nitrogens with zero attached hydrogens (tertiary/aromatic N) is 6. The van der Waals surface area contributed by atoms with E-state index in [2.05, 4.69) is 27.6 Å². The third kappa shape index (κ3) is 4.22. The molecule has 0 aromatic carbocycles. The Bertz CT molecular complexity index is 1080. The molecule has 0 radical (unpaired) electrons. The molecule has 3 aliphatic rings. The molecule has 182 valence electrons. The van der Waals surface area contributed by atoms with Gasteiger partial charge < -0.3 is 29.9 Å². The first-order chi connectivity index (χ1) is 16.4. The van der Waals surface area contributed by atoms with Crippen LogP contribution in [-0.4, -0.2) is 101 Å². The molecular weight excluding hydrogens is 432 g/mol. The maximum Gasteiger partial charge on any atom is 0.320 e. The van der Waals surface area contributed by atoms with Gasteiger partial charge in [-0.1, -0.05) is 0 Å². The normalized spacial score (nSPS) is 18.9. The summed E-state index contributed by atoms with van der Waals surface area (Å²) in [6.45, 7) is 4.97. The van der Waals surface area contributed by atoms with Gasteiger partial charge in [0.05, 0.1) is 17.0 Å². The number of fused-ring (bicyclic) bond motifs is 3. The highest BCUT2D eigenvalue weighted by Crippen LogP contribution is 2.35. The molecule has 34 heavy (non-hydrogen) atoms. The fourth-order valence-electron chi connectivity index (χ4n) is 5.29. The average Bonchev–Trinajstić information content (AvgIpc) is 3.21. The van der Waals surface area contributed by atoms with Crippen molar-refractivity contribution in [2.45, 2.75) is 31.7 Å². The standard InChI is InChI=1S/C24H34N8O2/c1-25-22(33)19-15-30(3)21-18(19)5-4-16-14-26-23(28-20(16)21)27-17-6-8-31(9-7-17)24(34)32-12-10-29(2)11-13-32/h14-15,17H,4-13H2,1-3H3,(H,25,33)(H,26,27,28). The number of likely N-dealkylation sites (tertiary alicyclic amines) is 1. The van der Waals surface area contributed by atoms with Crippen molar-refractivity contribution < 1.29 is 9.59 Å². The molecule has 2 N–H and O–H groups in total. The third-order valence-electron chi connectivity index (χ3n) is 7.36. The van der Waals surface area contributed by atoms with Gasteiger partial charge in [0, 0.05) is 71.8 Å². The van der Waals surface area contributed by atoms with Crippen LogP contribution in [0, 0.1) is 0 Å². The Morgan fingerprint density at radius 1 is 1.00 bits per heavy atom. The molecule has 10 nitrogen and oxygen atoms in total. The molecule has 2 saturated heterocycles. The highest BCUT2D eigenvalue weighted by Gasteiger charge is 2.30. The van der Waals surface area contributed by atoms with Crippen LogP contribution in [0.2, 0.25) is 0 Å². The number of rotatable bonds is 3. The fourth-order valence-corrected chi connectivity index (χ4v) is 5.29. The minimum atomic E-state index is -0.0643. The van der Waals surface area contributed by atoms with Crippen LogP contribution in [0.15, 0.2) is 12.4 Å². The van der Waals surface area contributed by atoms with Crippen LogP contribution in [-0.2, 0) is 19.9 Å². The quantitative estimate of drug-likeness (QED) is 0.705. The molecule has 3 amide bonds. The van der Waals surface area contributed by atoms with Gasteiger partial charge >= 0.3 is 6.03 Å². The lowest BCUT2D eigenvalue weighted by Gasteiger charge is -2.39. The summed E-state index contributed by atoms with van der Waals surface area (Å²) in [6, 6.07) is 0.396. The number of anilines is 1. The molecule has 4 heterocycles. The van der Waals surface area contributed by atoms with Crippen LogP contribution in [0.25, 0.3) is 11.4 Å². The van der Waals surface area contributed by atoms with E-state index in [0.717, 1.165) is 93.0 Å². The number of piperidine rings is 1. The van der Waals surface area contributed by atoms with E-state index < -0.39 is 0 Å². The zero-order valence-corrected chi connectivity index (χ0v) is 20.3. The van der Waals surface area contributed by atoms with Crippen molar-refractivity contribution in [2.75, 3.05) is 58.7 Å². The van der Waals surface area contributed by atoms with Crippen molar-refractivity contribution >= 4 is 17.9 Å². The lowest BCUT2D eigenvalue weighted by atomic mass is 9.92. The topological polar surface area (TPSA) is 98.6 Å². The SMILES string of the molecule is CNC(=O)c1cn(C)c2c1CCc1cnc(NC3CCN(C(=O)N4CCN(C)CC4)CC3)nc1-2. The first-order valence-electron chi connectivity index (χ1n) is 12.2. The summed E-state index contributed by atoms with van der Waals surface area (Å²) < 4.78 is 2.00. The zero-order chi connectivity index (χ0) is 23.8. The molecule has 5 rings (SSSR count). The van der Waals surface area contributed by atoms with Crippen molar-refractivity contribution in [3.8, 4) is 11.4 Å². The third-order valence-corrected chi connectivity index (χ3v) is 7.36. The van der Waals surface area contributed by atoms with Gasteiger partial charge in [-0.3, -0.25) is 4.79 Å². The number of amides is 3. The van der Waals surface area contributed by atoms with E-state index in [1.54, 1.807) is 7.05 Å². The van der Waals surface area contributed by atoms with Crippen molar-refractivity contribution in [2.24, 2.45) is 7.05 Å². The Morgan fingerprint density at radius 2 is 1.71 bits per heavy atom. The van der Waals surface area contributed by atoms with E-state index in [0.29, 0.717) is 5.95 Å². The first-order valence-corrected chi connectivity index (χ1v) is 12.2. The van der Waals surface area contributed by atoms with E-state index in [9.17, 15) is 9.59 Å². The Hall–Kier alpha value is -3.14. The molecular formula is C24H34N8O2. The predicted octanol–water partition coefficient (Wildman–Crippen LogP) is 1.18. The van der Waals surface area contributed by atoms with E-state index in [4.69, 9.17) is 4.98 Å². The molecule has 0 unspecified atom stereocenters. The van der Waals surface area contributed by atoms with Crippen LogP contribution in [0.1, 0.15) is 34.3 Å². The number of carbonyl (C=O) groups excluding carboxylic acids is 2. The summed E-state index contributed by atoms with van der Waals surface area (Å²) >= 11 is 0. The number of urea groups is 1. The summed E-state index contributed by atoms with van der Waals surface area (Å²) in [4.78, 5) is 40.9. The first kappa shape index (κ1) is 22.6. The molecule has 0 saturated carbocycles. The van der Waals surface area contributed by atoms with Gasteiger partial charge in [-0.15, -0.1) is 0 Å². The number of piperazine rings is 1. The Kier molecular flexibility index (Phi) is 6.16. The van der Waals surface area contributed by atoms with Gasteiger partial charge in [0.2, 0.25) is 5.95 Å². The number of aryl methyl sites for hydroxylation is 2. The number of aromatic nitrogens is 3. The lowest BCUT2D eigenvalue weighted by Crippen LogP contribution is -2.54. The largest absolute Gasteiger partial charge is 0.355 e. The number of nitrogens with one attached hydrogen (secondary N) is 2. The van der Waals surface area contributed by atoms with E-state index in [1.165, 1.54) is 0 Å². The second-order valence-electron chi connectivity index (χ2n) is 9.61. The number of carbonyl (C=O) groups is 2. The minimum absolute atomic E-state index is 0.0643. The molecule has 2 aromatic rings. The summed E-state index contributed by atoms with van der Waals surface area (Å²) in [6.07, 6.45) is 7.17. The van der Waals surface area contributed by atoms with E-state index in [-0.39, 0.29) is 18.0 Å². The molecule has 0 atom stereocenters. The second-order valence-corrected chi connectivity index (χ2v) is 9.61. The fraction of sp³-hybridized carbons (Fsp3) is 0.583. The van der Waals surface area contributed by atoms with E-state index in [1.807, 2.05) is 33.8 Å². The van der Waals surface area contributed by atoms with Gasteiger partial charge in [-0.05, 0) is 43.9 Å². The minimum Gasteiger partial charge on any atom is -0.355 e. The molecule has 1 aliphatic carbocycles. The summed E-state index contributed by atoms with van der Waals surface area (Å²) in [5.74, 6) is 0.545. The van der Waals surface area contributed by atoms with E-state index >= 15 is 0 Å². The predicted molar refractivity (Wildman–Crippen MR) is 130 cm³/mol. The lowest BCUT2D eigenvalue weighted by molar-refractivity contribution is 0.0962. The van der Waals surface area contributed by atoms with Crippen molar-refractivity contribution in [1.82, 2.24) is 34.6 Å². The van der Waals surface area contributed by atoms with Gasteiger partial charge in [0.1, 0.15) is 0 Å². The Morgan fingerprint density at radius 3 is 2.41 bits per heavy atom.